The molecule has 282 valence electrons. The molecule has 3 rings (SSSR count). The van der Waals surface area contributed by atoms with Gasteiger partial charge in [0.2, 0.25) is 0 Å². The van der Waals surface area contributed by atoms with Crippen LogP contribution in [0.25, 0.3) is 16.1 Å². The topological polar surface area (TPSA) is 79.5 Å². The first-order valence-corrected chi connectivity index (χ1v) is 34.0. The van der Waals surface area contributed by atoms with Crippen LogP contribution in [0.5, 0.6) is 0 Å². The molecule has 0 unspecified atom stereocenters. The van der Waals surface area contributed by atoms with E-state index in [1.165, 1.54) is 107 Å². The van der Waals surface area contributed by atoms with Crippen LogP contribution in [0, 0.1) is 10.4 Å². The van der Waals surface area contributed by atoms with E-state index in [0.717, 1.165) is 5.69 Å². The van der Waals surface area contributed by atoms with Gasteiger partial charge in [-0.15, -0.1) is 0 Å². The number of halogens is 1. The minimum atomic E-state index is -2.43. The second kappa shape index (κ2) is 32.9. The van der Waals surface area contributed by atoms with Gasteiger partial charge in [-0.05, 0) is 5.53 Å². The van der Waals surface area contributed by atoms with Crippen molar-refractivity contribution >= 4 is 46.2 Å². The van der Waals surface area contributed by atoms with E-state index < -0.39 is 36.8 Å². The van der Waals surface area contributed by atoms with Gasteiger partial charge in [0.15, 0.2) is 0 Å². The van der Waals surface area contributed by atoms with Gasteiger partial charge in [-0.1, -0.05) is 35.4 Å². The molecule has 0 spiro atoms. The third-order valence-corrected chi connectivity index (χ3v) is 37.3. The molecule has 0 N–H and O–H groups in total. The quantitative estimate of drug-likeness (QED) is 0.0266. The van der Waals surface area contributed by atoms with E-state index in [0.29, 0.717) is 5.69 Å². The van der Waals surface area contributed by atoms with Crippen LogP contribution in [-0.2, 0) is 17.1 Å². The summed E-state index contributed by atoms with van der Waals surface area (Å²) in [5.41, 5.74) is 9.75. The van der Waals surface area contributed by atoms with Gasteiger partial charge in [-0.3, -0.25) is 0 Å². The fraction of sp³-hybridized carbons (Fsp3) is 0.600. The van der Waals surface area contributed by atoms with Crippen LogP contribution in [-0.4, -0.2) is 51.7 Å². The predicted molar refractivity (Wildman–Crippen MR) is 215 cm³/mol. The van der Waals surface area contributed by atoms with E-state index in [4.69, 9.17) is 17.1 Å². The zero-order valence-corrected chi connectivity index (χ0v) is 40.8. The molecule has 0 atom stereocenters. The van der Waals surface area contributed by atoms with Crippen molar-refractivity contribution in [2.75, 3.05) is 0 Å². The Morgan fingerprint density at radius 3 is 1.46 bits per heavy atom. The van der Waals surface area contributed by atoms with E-state index in [1.54, 1.807) is 12.1 Å². The van der Waals surface area contributed by atoms with Gasteiger partial charge in [0.1, 0.15) is 0 Å². The summed E-state index contributed by atoms with van der Waals surface area (Å²) < 4.78 is 15.4. The van der Waals surface area contributed by atoms with Crippen LogP contribution >= 0.6 is 0 Å². The first kappa shape index (κ1) is 51.4. The number of hydrogen-bond acceptors (Lipinski definition) is 3. The number of azide groups is 1. The maximum atomic E-state index is 7.98. The molecule has 0 saturated carbocycles. The van der Waals surface area contributed by atoms with Gasteiger partial charge in [0.25, 0.3) is 0 Å². The zero-order chi connectivity index (χ0) is 35.4. The van der Waals surface area contributed by atoms with Crippen molar-refractivity contribution in [2.45, 2.75) is 145 Å². The Kier molecular flexibility index (Phi) is 33.8. The number of unbranched alkanes of at least 4 members (excludes halogenated alkanes) is 6. The maximum Gasteiger partial charge on any atom is 1.00 e. The van der Waals surface area contributed by atoms with Crippen molar-refractivity contribution in [1.82, 2.24) is 15.0 Å². The minimum absolute atomic E-state index is 0. The van der Waals surface area contributed by atoms with E-state index in [2.05, 4.69) is 97.2 Å². The summed E-state index contributed by atoms with van der Waals surface area (Å²) in [6.45, 7) is 13.8. The molecule has 0 saturated heterocycles. The summed E-state index contributed by atoms with van der Waals surface area (Å²) in [4.78, 5) is 2.63. The number of nitrogens with zero attached hydrogens (tertiary/aromatic N) is 6. The fourth-order valence-corrected chi connectivity index (χ4v) is 33.4. The summed E-state index contributed by atoms with van der Waals surface area (Å²) in [5, 5.41) is 12.6. The van der Waals surface area contributed by atoms with E-state index in [9.17, 15) is 0 Å². The first-order valence-electron chi connectivity index (χ1n) is 19.0. The number of aromatic nitrogens is 3. The molecule has 10 heteroatoms. The maximum absolute atomic E-state index is 7.98. The Morgan fingerprint density at radius 1 is 0.680 bits per heavy atom. The second-order valence-electron chi connectivity index (χ2n) is 13.2. The van der Waals surface area contributed by atoms with Crippen molar-refractivity contribution in [3.63, 3.8) is 0 Å². The van der Waals surface area contributed by atoms with Crippen molar-refractivity contribution in [3.8, 4) is 16.0 Å². The van der Waals surface area contributed by atoms with Crippen LogP contribution in [0.3, 0.4) is 0 Å². The molecule has 0 aliphatic rings. The summed E-state index contributed by atoms with van der Waals surface area (Å²) in [7, 11) is 0. The minimum Gasteiger partial charge on any atom is -1.00 e. The predicted octanol–water partition coefficient (Wildman–Crippen LogP) is 9.96. The van der Waals surface area contributed by atoms with Gasteiger partial charge in [0.05, 0.1) is 0 Å². The molecule has 0 amide bonds. The largest absolute Gasteiger partial charge is 1.00 e. The first-order chi connectivity index (χ1) is 23.4. The van der Waals surface area contributed by atoms with Gasteiger partial charge >= 0.3 is 270 Å². The molecule has 1 aromatic heterocycles. The standard InChI is InChI=1S/C8H6N3.C6H5N3.6C4H9.C2H.Cu.HI.2Sn/c1-2-4-8(5-3-1)11-7-6-9-10-11;7-9-8-6-4-2-1-3-5-6;6*1-3-4-2;1-2;;;;/h1-5,7H;1-5H;6*1,3-4H2,2H3;1H;;1H;;/q;;;;;;;;;+1;;;/p-1. The van der Waals surface area contributed by atoms with Crippen LogP contribution in [0.15, 0.2) is 72.0 Å². The molecule has 50 heavy (non-hydrogen) atoms. The number of rotatable bonds is 21. The van der Waals surface area contributed by atoms with E-state index in [1.807, 2.05) is 22.9 Å². The number of terminal acetylenes is 1. The molecular weight excluding hydrogens is 992 g/mol. The van der Waals surface area contributed by atoms with Crippen molar-refractivity contribution < 1.29 is 41.0 Å². The third kappa shape index (κ3) is 20.5. The molecule has 0 aliphatic carbocycles. The molecular formula is C40H66CuIN6Sn2. The number of benzene rings is 2. The molecule has 3 aromatic rings. The summed E-state index contributed by atoms with van der Waals surface area (Å²) in [6, 6.07) is 19.4. The Bertz CT molecular complexity index is 1250. The normalized spacial score (nSPS) is 10.5. The average molecular weight is 1060 g/mol. The third-order valence-electron chi connectivity index (χ3n) is 9.33. The van der Waals surface area contributed by atoms with Gasteiger partial charge in [0, 0.05) is 10.6 Å². The Morgan fingerprint density at radius 2 is 1.08 bits per heavy atom. The van der Waals surface area contributed by atoms with Crippen LogP contribution in [0.4, 0.5) is 5.69 Å². The monoisotopic (exact) mass is 1060 g/mol. The van der Waals surface area contributed by atoms with Gasteiger partial charge in [-0.2, -0.15) is 0 Å². The zero-order valence-electron chi connectivity index (χ0n) is 32.0. The fourth-order valence-electron chi connectivity index (χ4n) is 6.20. The van der Waals surface area contributed by atoms with Crippen molar-refractivity contribution in [1.29, 1.82) is 0 Å². The van der Waals surface area contributed by atoms with E-state index >= 15 is 0 Å². The van der Waals surface area contributed by atoms with E-state index in [-0.39, 0.29) is 41.0 Å². The Labute approximate surface area is 342 Å². The summed E-state index contributed by atoms with van der Waals surface area (Å²) in [5.74, 6) is 0. The van der Waals surface area contributed by atoms with Crippen LogP contribution < -0.4 is 27.7 Å². The molecule has 0 radical (unpaired) electrons. The van der Waals surface area contributed by atoms with Gasteiger partial charge < -0.3 is 24.0 Å². The molecule has 0 aliphatic heterocycles. The van der Waals surface area contributed by atoms with Crippen LogP contribution in [0.1, 0.15) is 119 Å². The Balaban J connectivity index is 0. The SMILES string of the molecule is C#[C][Sn]([CH2]CCC)([CH2]CCC)[CH2]CCC.CCC[CH2][Sn]([CH2]CCC)([CH2]CCC)[c]1cn(-c2ccccc2)nn1.[Cu+].[I-].[N-]=[N+]=Nc1ccccc1. The molecule has 2 aromatic carbocycles. The molecule has 1 heterocycles. The van der Waals surface area contributed by atoms with Crippen molar-refractivity contribution in [2.24, 2.45) is 5.11 Å². The smallest absolute Gasteiger partial charge is 1.00 e. The number of para-hydroxylation sites is 1. The average Bonchev–Trinajstić information content (AvgIpc) is 3.64. The molecule has 0 bridgehead atoms. The van der Waals surface area contributed by atoms with Gasteiger partial charge in [-0.25, -0.2) is 0 Å². The summed E-state index contributed by atoms with van der Waals surface area (Å²) >= 11 is -4.52. The van der Waals surface area contributed by atoms with Crippen LogP contribution in [0.2, 0.25) is 26.6 Å². The molecule has 0 fully saturated rings. The number of hydrogen-bond donors (Lipinski definition) is 0. The Hall–Kier alpha value is -0.703. The van der Waals surface area contributed by atoms with Crippen molar-refractivity contribution in [3.05, 3.63) is 77.3 Å². The second-order valence-corrected chi connectivity index (χ2v) is 38.7. The molecule has 6 nitrogen and oxygen atoms in total. The summed E-state index contributed by atoms with van der Waals surface area (Å²) in [6.07, 6.45) is 24.2.